The van der Waals surface area contributed by atoms with E-state index in [1.807, 2.05) is 31.2 Å². The molecule has 1 atom stereocenters. The van der Waals surface area contributed by atoms with E-state index in [9.17, 15) is 9.90 Å². The average molecular weight is 445 g/mol. The summed E-state index contributed by atoms with van der Waals surface area (Å²) in [6.45, 7) is 3.92. The molecule has 4 rings (SSSR count). The zero-order valence-corrected chi connectivity index (χ0v) is 18.5. The SMILES string of the molecule is CCC(=O)c1ccc(OCC(O)Cn2c(C3CCOCC3)nc3ccccc32)cc1.Cl. The number of carbonyl (C=O) groups is 1. The van der Waals surface area contributed by atoms with E-state index in [1.54, 1.807) is 24.3 Å². The van der Waals surface area contributed by atoms with Crippen molar-refractivity contribution in [3.63, 3.8) is 0 Å². The Morgan fingerprint density at radius 3 is 2.61 bits per heavy atom. The molecule has 7 heteroatoms. The van der Waals surface area contributed by atoms with Gasteiger partial charge in [0.25, 0.3) is 0 Å². The number of Topliss-reactive ketones (excluding diaryl/α,β-unsaturated/α-hetero) is 1. The minimum absolute atomic E-state index is 0. The van der Waals surface area contributed by atoms with E-state index in [-0.39, 0.29) is 24.8 Å². The summed E-state index contributed by atoms with van der Waals surface area (Å²) in [7, 11) is 0. The molecular weight excluding hydrogens is 416 g/mol. The zero-order valence-electron chi connectivity index (χ0n) is 17.7. The van der Waals surface area contributed by atoms with Gasteiger partial charge in [-0.05, 0) is 49.2 Å². The summed E-state index contributed by atoms with van der Waals surface area (Å²) >= 11 is 0. The van der Waals surface area contributed by atoms with Gasteiger partial charge in [0.2, 0.25) is 0 Å². The summed E-state index contributed by atoms with van der Waals surface area (Å²) in [6, 6.07) is 15.1. The topological polar surface area (TPSA) is 73.6 Å². The van der Waals surface area contributed by atoms with Gasteiger partial charge in [0, 0.05) is 31.1 Å². The summed E-state index contributed by atoms with van der Waals surface area (Å²) < 4.78 is 13.4. The van der Waals surface area contributed by atoms with Crippen LogP contribution in [0.3, 0.4) is 0 Å². The first kappa shape index (κ1) is 23.3. The lowest BCUT2D eigenvalue weighted by Crippen LogP contribution is -2.26. The standard InChI is InChI=1S/C24H28N2O4.ClH/c1-2-23(28)17-7-9-20(10-8-17)30-16-19(27)15-26-22-6-4-3-5-21(22)25-24(26)18-11-13-29-14-12-18;/h3-10,18-19,27H,2,11-16H2,1H3;1H. The van der Waals surface area contributed by atoms with Crippen LogP contribution in [0.25, 0.3) is 11.0 Å². The number of rotatable bonds is 8. The van der Waals surface area contributed by atoms with Crippen molar-refractivity contribution in [1.29, 1.82) is 0 Å². The van der Waals surface area contributed by atoms with Gasteiger partial charge in [-0.15, -0.1) is 12.4 Å². The van der Waals surface area contributed by atoms with Gasteiger partial charge in [0.1, 0.15) is 24.3 Å². The molecule has 2 aromatic carbocycles. The molecule has 0 amide bonds. The monoisotopic (exact) mass is 444 g/mol. The quantitative estimate of drug-likeness (QED) is 0.522. The zero-order chi connectivity index (χ0) is 20.9. The van der Waals surface area contributed by atoms with E-state index in [1.165, 1.54) is 0 Å². The molecule has 2 heterocycles. The number of benzene rings is 2. The number of aliphatic hydroxyl groups excluding tert-OH is 1. The lowest BCUT2D eigenvalue weighted by atomic mass is 9.99. The van der Waals surface area contributed by atoms with Crippen molar-refractivity contribution in [2.75, 3.05) is 19.8 Å². The summed E-state index contributed by atoms with van der Waals surface area (Å²) in [5, 5.41) is 10.7. The first-order valence-electron chi connectivity index (χ1n) is 10.6. The van der Waals surface area contributed by atoms with Crippen molar-refractivity contribution >= 4 is 29.2 Å². The Balaban J connectivity index is 0.00000272. The van der Waals surface area contributed by atoms with Crippen molar-refractivity contribution in [1.82, 2.24) is 9.55 Å². The van der Waals surface area contributed by atoms with E-state index in [0.717, 1.165) is 42.9 Å². The lowest BCUT2D eigenvalue weighted by molar-refractivity contribution is 0.0780. The molecule has 1 unspecified atom stereocenters. The van der Waals surface area contributed by atoms with Gasteiger partial charge in [-0.1, -0.05) is 19.1 Å². The van der Waals surface area contributed by atoms with Crippen LogP contribution in [-0.2, 0) is 11.3 Å². The second-order valence-electron chi connectivity index (χ2n) is 7.72. The number of halogens is 1. The van der Waals surface area contributed by atoms with E-state index < -0.39 is 6.10 Å². The third-order valence-corrected chi connectivity index (χ3v) is 5.60. The van der Waals surface area contributed by atoms with Crippen molar-refractivity contribution in [3.05, 3.63) is 59.9 Å². The summed E-state index contributed by atoms with van der Waals surface area (Å²) in [5.41, 5.74) is 2.65. The molecule has 31 heavy (non-hydrogen) atoms. The molecule has 0 aliphatic carbocycles. The number of para-hydroxylation sites is 2. The van der Waals surface area contributed by atoms with Crippen LogP contribution in [0, 0.1) is 0 Å². The predicted octanol–water partition coefficient (Wildman–Crippen LogP) is 4.38. The number of hydrogen-bond acceptors (Lipinski definition) is 5. The molecule has 1 fully saturated rings. The number of aliphatic hydroxyl groups is 1. The van der Waals surface area contributed by atoms with E-state index >= 15 is 0 Å². The molecule has 6 nitrogen and oxygen atoms in total. The highest BCUT2D eigenvalue weighted by Crippen LogP contribution is 2.29. The van der Waals surface area contributed by atoms with Crippen LogP contribution in [0.5, 0.6) is 5.75 Å². The third-order valence-electron chi connectivity index (χ3n) is 5.60. The minimum atomic E-state index is -0.682. The van der Waals surface area contributed by atoms with Gasteiger partial charge in [-0.25, -0.2) is 4.98 Å². The smallest absolute Gasteiger partial charge is 0.162 e. The van der Waals surface area contributed by atoms with Crippen molar-refractivity contribution in [2.45, 2.75) is 44.8 Å². The Bertz CT molecular complexity index is 996. The highest BCUT2D eigenvalue weighted by molar-refractivity contribution is 5.95. The molecular formula is C24H29ClN2O4. The van der Waals surface area contributed by atoms with Crippen LogP contribution in [0.4, 0.5) is 0 Å². The molecule has 3 aromatic rings. The second-order valence-corrected chi connectivity index (χ2v) is 7.72. The largest absolute Gasteiger partial charge is 0.491 e. The van der Waals surface area contributed by atoms with E-state index in [4.69, 9.17) is 14.5 Å². The Morgan fingerprint density at radius 2 is 1.90 bits per heavy atom. The summed E-state index contributed by atoms with van der Waals surface area (Å²) in [6.07, 6.45) is 1.68. The Morgan fingerprint density at radius 1 is 1.19 bits per heavy atom. The number of hydrogen-bond donors (Lipinski definition) is 1. The number of aromatic nitrogens is 2. The molecule has 0 saturated carbocycles. The van der Waals surface area contributed by atoms with Crippen molar-refractivity contribution in [2.24, 2.45) is 0 Å². The van der Waals surface area contributed by atoms with Gasteiger partial charge in [0.05, 0.1) is 17.6 Å². The Kier molecular flexibility index (Phi) is 8.07. The molecule has 1 aromatic heterocycles. The maximum absolute atomic E-state index is 11.7. The summed E-state index contributed by atoms with van der Waals surface area (Å²) in [4.78, 5) is 16.6. The number of ketones is 1. The third kappa shape index (κ3) is 5.45. The van der Waals surface area contributed by atoms with Gasteiger partial charge in [-0.3, -0.25) is 4.79 Å². The first-order chi connectivity index (χ1) is 14.7. The lowest BCUT2D eigenvalue weighted by Gasteiger charge is -2.23. The molecule has 1 N–H and O–H groups in total. The molecule has 1 aliphatic heterocycles. The first-order valence-corrected chi connectivity index (χ1v) is 10.6. The molecule has 1 aliphatic rings. The maximum atomic E-state index is 11.7. The Labute approximate surface area is 188 Å². The molecule has 166 valence electrons. The highest BCUT2D eigenvalue weighted by atomic mass is 35.5. The van der Waals surface area contributed by atoms with Gasteiger partial charge in [-0.2, -0.15) is 0 Å². The number of fused-ring (bicyclic) bond motifs is 1. The number of nitrogens with zero attached hydrogens (tertiary/aromatic N) is 2. The van der Waals surface area contributed by atoms with E-state index in [0.29, 0.717) is 30.2 Å². The highest BCUT2D eigenvalue weighted by Gasteiger charge is 2.24. The van der Waals surface area contributed by atoms with Crippen LogP contribution in [0.2, 0.25) is 0 Å². The van der Waals surface area contributed by atoms with Gasteiger partial charge < -0.3 is 19.1 Å². The molecule has 0 radical (unpaired) electrons. The van der Waals surface area contributed by atoms with Gasteiger partial charge >= 0.3 is 0 Å². The Hall–Kier alpha value is -2.41. The molecule has 0 bridgehead atoms. The van der Waals surface area contributed by atoms with Crippen LogP contribution in [0.15, 0.2) is 48.5 Å². The molecule has 0 spiro atoms. The van der Waals surface area contributed by atoms with Gasteiger partial charge in [0.15, 0.2) is 5.78 Å². The summed E-state index contributed by atoms with van der Waals surface area (Å²) in [5.74, 6) is 2.10. The van der Waals surface area contributed by atoms with Crippen LogP contribution in [-0.4, -0.2) is 46.4 Å². The predicted molar refractivity (Wildman–Crippen MR) is 122 cm³/mol. The van der Waals surface area contributed by atoms with Crippen molar-refractivity contribution < 1.29 is 19.4 Å². The fourth-order valence-electron chi connectivity index (χ4n) is 3.95. The average Bonchev–Trinajstić information content (AvgIpc) is 3.16. The number of carbonyl (C=O) groups excluding carboxylic acids is 1. The number of imidazole rings is 1. The fraction of sp³-hybridized carbons (Fsp3) is 0.417. The van der Waals surface area contributed by atoms with Crippen molar-refractivity contribution in [3.8, 4) is 5.75 Å². The second kappa shape index (κ2) is 10.8. The van der Waals surface area contributed by atoms with Crippen LogP contribution < -0.4 is 4.74 Å². The van der Waals surface area contributed by atoms with Crippen LogP contribution in [0.1, 0.15) is 48.3 Å². The van der Waals surface area contributed by atoms with E-state index in [2.05, 4.69) is 4.57 Å². The van der Waals surface area contributed by atoms with Crippen LogP contribution >= 0.6 is 12.4 Å². The fourth-order valence-corrected chi connectivity index (χ4v) is 3.95. The molecule has 1 saturated heterocycles. The number of ether oxygens (including phenoxy) is 2. The normalized spacial score (nSPS) is 15.4. The minimum Gasteiger partial charge on any atom is -0.491 e. The maximum Gasteiger partial charge on any atom is 0.162 e.